The molecule has 1 N–H and O–H groups in total. The third-order valence-electron chi connectivity index (χ3n) is 5.97. The van der Waals surface area contributed by atoms with E-state index >= 15 is 0 Å². The topological polar surface area (TPSA) is 98.4 Å². The van der Waals surface area contributed by atoms with Crippen molar-refractivity contribution in [2.75, 3.05) is 13.1 Å². The van der Waals surface area contributed by atoms with Crippen LogP contribution in [0.5, 0.6) is 5.75 Å². The second-order valence-corrected chi connectivity index (χ2v) is 9.66. The molecule has 0 aromatic heterocycles. The Morgan fingerprint density at radius 2 is 1.83 bits per heavy atom. The summed E-state index contributed by atoms with van der Waals surface area (Å²) in [6.45, 7) is 4.07. The van der Waals surface area contributed by atoms with Crippen LogP contribution < -0.4 is 4.74 Å². The molecule has 0 atom stereocenters. The number of rotatable bonds is 6. The maximum absolute atomic E-state index is 12.7. The zero-order valence-corrected chi connectivity index (χ0v) is 20.2. The number of hydrazone groups is 1. The van der Waals surface area contributed by atoms with Gasteiger partial charge in [-0.3, -0.25) is 15.0 Å². The minimum atomic E-state index is -0.490. The van der Waals surface area contributed by atoms with Crippen molar-refractivity contribution in [1.82, 2.24) is 9.91 Å². The molecule has 35 heavy (non-hydrogen) atoms. The number of aryl methyl sites for hydroxylation is 1. The molecule has 9 heteroatoms. The zero-order valence-electron chi connectivity index (χ0n) is 19.4. The van der Waals surface area contributed by atoms with E-state index in [0.717, 1.165) is 37.1 Å². The first-order valence-electron chi connectivity index (χ1n) is 11.5. The molecule has 0 radical (unpaired) electrons. The van der Waals surface area contributed by atoms with Gasteiger partial charge in [0, 0.05) is 13.1 Å². The minimum absolute atomic E-state index is 0.0208. The summed E-state index contributed by atoms with van der Waals surface area (Å²) in [5.74, 6) is 0.199. The lowest BCUT2D eigenvalue weighted by Crippen LogP contribution is -2.35. The summed E-state index contributed by atoms with van der Waals surface area (Å²) >= 11 is 1.18. The molecule has 3 aliphatic rings. The molecule has 8 nitrogen and oxygen atoms in total. The van der Waals surface area contributed by atoms with Crippen LogP contribution in [0.25, 0.3) is 6.08 Å². The Balaban J connectivity index is 1.25. The first-order valence-corrected chi connectivity index (χ1v) is 12.3. The largest absolute Gasteiger partial charge is 0.489 e. The Hall–Kier alpha value is -3.72. The van der Waals surface area contributed by atoms with Crippen LogP contribution in [0.4, 0.5) is 0 Å². The van der Waals surface area contributed by atoms with Gasteiger partial charge in [0.15, 0.2) is 5.84 Å². The van der Waals surface area contributed by atoms with E-state index in [1.807, 2.05) is 48.2 Å². The van der Waals surface area contributed by atoms with Crippen molar-refractivity contribution in [1.29, 1.82) is 5.41 Å². The van der Waals surface area contributed by atoms with E-state index in [2.05, 4.69) is 22.2 Å². The van der Waals surface area contributed by atoms with Crippen LogP contribution in [0.3, 0.4) is 0 Å². The first kappa shape index (κ1) is 23.0. The highest BCUT2D eigenvalue weighted by Gasteiger charge is 2.36. The van der Waals surface area contributed by atoms with Gasteiger partial charge in [-0.15, -0.1) is 0 Å². The van der Waals surface area contributed by atoms with E-state index in [4.69, 9.17) is 10.1 Å². The highest BCUT2D eigenvalue weighted by atomic mass is 32.2. The fourth-order valence-corrected chi connectivity index (χ4v) is 4.86. The number of carbonyl (C=O) groups is 2. The van der Waals surface area contributed by atoms with E-state index in [1.165, 1.54) is 22.3 Å². The number of nitrogens with one attached hydrogen (secondary N) is 1. The lowest BCUT2D eigenvalue weighted by atomic mass is 10.1. The quantitative estimate of drug-likeness (QED) is 0.616. The number of thioether (sulfide) groups is 1. The van der Waals surface area contributed by atoms with Crippen molar-refractivity contribution in [3.05, 3.63) is 70.8 Å². The molecule has 178 valence electrons. The molecule has 2 amide bonds. The third-order valence-corrected chi connectivity index (χ3v) is 6.88. The maximum atomic E-state index is 12.7. The molecule has 0 aliphatic carbocycles. The van der Waals surface area contributed by atoms with Crippen LogP contribution in [-0.2, 0) is 16.2 Å². The Morgan fingerprint density at radius 1 is 1.11 bits per heavy atom. The maximum Gasteiger partial charge on any atom is 0.283 e. The molecule has 0 spiro atoms. The fraction of sp³-hybridized carbons (Fsp3) is 0.269. The number of benzene rings is 2. The Bertz CT molecular complexity index is 1260. The van der Waals surface area contributed by atoms with Crippen LogP contribution >= 0.6 is 11.8 Å². The Morgan fingerprint density at radius 3 is 2.54 bits per heavy atom. The Labute approximate surface area is 207 Å². The summed E-state index contributed by atoms with van der Waals surface area (Å²) in [6, 6.07) is 15.5. The second kappa shape index (κ2) is 9.87. The number of aliphatic imine (C=N–C) groups is 1. The first-order chi connectivity index (χ1) is 17.0. The van der Waals surface area contributed by atoms with Crippen molar-refractivity contribution < 1.29 is 14.3 Å². The number of carbonyl (C=O) groups excluding carboxylic acids is 2. The third kappa shape index (κ3) is 5.19. The van der Waals surface area contributed by atoms with Gasteiger partial charge in [0.2, 0.25) is 11.1 Å². The number of hydrogen-bond acceptors (Lipinski definition) is 6. The summed E-state index contributed by atoms with van der Waals surface area (Å²) in [5.41, 5.74) is 3.19. The SMILES string of the molecule is Cc1ccc(COc2ccc(/C=C3/C(=N)N4N=C(CC(=O)N5CCCC5)SC4=NC3=O)cc2)cc1. The number of hydrogen-bond donors (Lipinski definition) is 1. The standard InChI is InChI=1S/C26H25N5O3S/c1-17-4-6-19(7-5-17)16-34-20-10-8-18(9-11-20)14-21-24(27)31-26(28-25(21)33)35-22(29-31)15-23(32)30-12-2-3-13-30/h4-11,14,27H,2-3,12-13,15-16H2,1H3/b21-14-,27-24?. The molecular formula is C26H25N5O3S. The van der Waals surface area contributed by atoms with Gasteiger partial charge in [-0.25, -0.2) is 0 Å². The van der Waals surface area contributed by atoms with E-state index < -0.39 is 5.91 Å². The zero-order chi connectivity index (χ0) is 24.4. The second-order valence-electron chi connectivity index (χ2n) is 8.62. The molecular weight excluding hydrogens is 462 g/mol. The summed E-state index contributed by atoms with van der Waals surface area (Å²) in [6.07, 6.45) is 3.84. The van der Waals surface area contributed by atoms with Crippen molar-refractivity contribution in [2.45, 2.75) is 32.8 Å². The number of likely N-dealkylation sites (tertiary alicyclic amines) is 1. The van der Waals surface area contributed by atoms with E-state index in [-0.39, 0.29) is 23.7 Å². The van der Waals surface area contributed by atoms with E-state index in [9.17, 15) is 9.59 Å². The molecule has 0 bridgehead atoms. The van der Waals surface area contributed by atoms with Gasteiger partial charge in [0.1, 0.15) is 17.4 Å². The number of ether oxygens (including phenoxy) is 1. The smallest absolute Gasteiger partial charge is 0.283 e. The molecule has 2 aromatic rings. The number of nitrogens with zero attached hydrogens (tertiary/aromatic N) is 4. The lowest BCUT2D eigenvalue weighted by molar-refractivity contribution is -0.128. The highest BCUT2D eigenvalue weighted by molar-refractivity contribution is 8.27. The van der Waals surface area contributed by atoms with Crippen molar-refractivity contribution in [2.24, 2.45) is 10.1 Å². The molecule has 3 heterocycles. The van der Waals surface area contributed by atoms with Crippen LogP contribution in [0.1, 0.15) is 36.0 Å². The molecule has 0 saturated carbocycles. The Kier molecular flexibility index (Phi) is 6.50. The summed E-state index contributed by atoms with van der Waals surface area (Å²) in [4.78, 5) is 31.0. The predicted octanol–water partition coefficient (Wildman–Crippen LogP) is 4.21. The van der Waals surface area contributed by atoms with Crippen LogP contribution in [0.2, 0.25) is 0 Å². The lowest BCUT2D eigenvalue weighted by Gasteiger charge is -2.20. The van der Waals surface area contributed by atoms with Crippen molar-refractivity contribution >= 4 is 45.7 Å². The highest BCUT2D eigenvalue weighted by Crippen LogP contribution is 2.30. The average Bonchev–Trinajstić information content (AvgIpc) is 3.53. The number of amidine groups is 2. The summed E-state index contributed by atoms with van der Waals surface area (Å²) < 4.78 is 5.84. The molecule has 0 unspecified atom stereocenters. The van der Waals surface area contributed by atoms with Gasteiger partial charge in [0.05, 0.1) is 12.0 Å². The number of fused-ring (bicyclic) bond motifs is 1. The molecule has 3 aliphatic heterocycles. The summed E-state index contributed by atoms with van der Waals surface area (Å²) in [5, 5.41) is 15.1. The van der Waals surface area contributed by atoms with Crippen molar-refractivity contribution in [3.63, 3.8) is 0 Å². The van der Waals surface area contributed by atoms with Crippen molar-refractivity contribution in [3.8, 4) is 5.75 Å². The van der Waals surface area contributed by atoms with Gasteiger partial charge in [-0.05, 0) is 60.9 Å². The van der Waals surface area contributed by atoms with E-state index in [1.54, 1.807) is 6.08 Å². The van der Waals surface area contributed by atoms with Gasteiger partial charge in [-0.1, -0.05) is 42.0 Å². The van der Waals surface area contributed by atoms with Crippen LogP contribution in [-0.4, -0.2) is 50.9 Å². The molecule has 5 rings (SSSR count). The van der Waals surface area contributed by atoms with Gasteiger partial charge in [0.25, 0.3) is 5.91 Å². The van der Waals surface area contributed by atoms with Crippen LogP contribution in [0, 0.1) is 12.3 Å². The molecule has 1 saturated heterocycles. The van der Waals surface area contributed by atoms with Gasteiger partial charge < -0.3 is 9.64 Å². The number of amides is 2. The van der Waals surface area contributed by atoms with E-state index in [0.29, 0.717) is 22.6 Å². The fourth-order valence-electron chi connectivity index (χ4n) is 3.99. The predicted molar refractivity (Wildman–Crippen MR) is 137 cm³/mol. The van der Waals surface area contributed by atoms with Crippen LogP contribution in [0.15, 0.2) is 64.2 Å². The molecule has 1 fully saturated rings. The monoisotopic (exact) mass is 487 g/mol. The molecule has 2 aromatic carbocycles. The average molecular weight is 488 g/mol. The van der Waals surface area contributed by atoms with Gasteiger partial charge in [-0.2, -0.15) is 15.1 Å². The van der Waals surface area contributed by atoms with Gasteiger partial charge >= 0.3 is 0 Å². The normalized spacial score (nSPS) is 18.6. The minimum Gasteiger partial charge on any atom is -0.489 e. The summed E-state index contributed by atoms with van der Waals surface area (Å²) in [7, 11) is 0.